The number of benzene rings is 3. The highest BCUT2D eigenvalue weighted by atomic mass is 35.5. The molecule has 1 aliphatic rings. The summed E-state index contributed by atoms with van der Waals surface area (Å²) < 4.78 is 27.1. The highest BCUT2D eigenvalue weighted by Gasteiger charge is 2.41. The van der Waals surface area contributed by atoms with Crippen LogP contribution in [0.3, 0.4) is 0 Å². The molecular weight excluding hydrogens is 422 g/mol. The molecule has 1 heterocycles. The Hall–Kier alpha value is -3.51. The summed E-state index contributed by atoms with van der Waals surface area (Å²) in [6.45, 7) is 3.67. The predicted octanol–water partition coefficient (Wildman–Crippen LogP) is 5.63. The number of hydrogen-bond donors (Lipinski definition) is 1. The van der Waals surface area contributed by atoms with Crippen LogP contribution >= 0.6 is 11.6 Å². The van der Waals surface area contributed by atoms with Crippen molar-refractivity contribution in [3.05, 3.63) is 99.7 Å². The number of hydrogen-bond acceptors (Lipinski definition) is 3. The van der Waals surface area contributed by atoms with Crippen LogP contribution in [-0.2, 0) is 9.59 Å². The van der Waals surface area contributed by atoms with Gasteiger partial charge in [0.05, 0.1) is 11.3 Å². The molecule has 0 spiro atoms. The summed E-state index contributed by atoms with van der Waals surface area (Å²) in [5, 5.41) is 3.19. The summed E-state index contributed by atoms with van der Waals surface area (Å²) in [6.07, 6.45) is 0. The van der Waals surface area contributed by atoms with Gasteiger partial charge in [-0.15, -0.1) is 0 Å². The maximum atomic E-state index is 13.7. The van der Waals surface area contributed by atoms with E-state index in [1.165, 1.54) is 6.07 Å². The molecule has 0 unspecified atom stereocenters. The first-order chi connectivity index (χ1) is 14.8. The van der Waals surface area contributed by atoms with Gasteiger partial charge in [-0.1, -0.05) is 47.5 Å². The molecule has 0 aliphatic carbocycles. The molecule has 0 atom stereocenters. The van der Waals surface area contributed by atoms with E-state index < -0.39 is 23.4 Å². The molecule has 0 radical (unpaired) electrons. The minimum Gasteiger partial charge on any atom is -0.350 e. The van der Waals surface area contributed by atoms with Crippen molar-refractivity contribution in [3.8, 4) is 0 Å². The molecule has 1 aliphatic heterocycles. The number of rotatable bonds is 4. The summed E-state index contributed by atoms with van der Waals surface area (Å²) in [7, 11) is 0. The lowest BCUT2D eigenvalue weighted by Gasteiger charge is -2.18. The average molecular weight is 439 g/mol. The topological polar surface area (TPSA) is 49.4 Å². The molecule has 0 saturated heterocycles. The molecular formula is C24H17ClF2N2O2. The third-order valence-corrected chi connectivity index (χ3v) is 5.26. The van der Waals surface area contributed by atoms with Crippen LogP contribution in [0.5, 0.6) is 0 Å². The lowest BCUT2D eigenvalue weighted by atomic mass is 10.0. The van der Waals surface area contributed by atoms with Crippen LogP contribution in [0.1, 0.15) is 16.7 Å². The van der Waals surface area contributed by atoms with E-state index in [4.69, 9.17) is 11.6 Å². The Bertz CT molecular complexity index is 1250. The monoisotopic (exact) mass is 438 g/mol. The summed E-state index contributed by atoms with van der Waals surface area (Å²) in [5.74, 6) is -3.23. The maximum Gasteiger partial charge on any atom is 0.282 e. The first-order valence-electron chi connectivity index (χ1n) is 9.44. The molecule has 31 heavy (non-hydrogen) atoms. The van der Waals surface area contributed by atoms with Crippen LogP contribution in [0, 0.1) is 25.5 Å². The highest BCUT2D eigenvalue weighted by molar-refractivity contribution is 6.46. The summed E-state index contributed by atoms with van der Waals surface area (Å²) >= 11 is 6.10. The van der Waals surface area contributed by atoms with Gasteiger partial charge in [-0.25, -0.2) is 13.7 Å². The largest absolute Gasteiger partial charge is 0.350 e. The first-order valence-corrected chi connectivity index (χ1v) is 9.82. The zero-order chi connectivity index (χ0) is 22.3. The summed E-state index contributed by atoms with van der Waals surface area (Å²) in [6, 6.07) is 15.2. The standard InChI is InChI=1S/C24H17ClF2N2O2/c1-13-3-6-15(7-4-13)21-22(28-17-9-10-18(26)19(27)12-17)24(31)29(23(21)30)20-11-16(25)8-5-14(20)2/h3-12,28H,1-2H3. The Morgan fingerprint density at radius 2 is 1.55 bits per heavy atom. The lowest BCUT2D eigenvalue weighted by molar-refractivity contribution is -0.120. The van der Waals surface area contributed by atoms with Gasteiger partial charge >= 0.3 is 0 Å². The SMILES string of the molecule is Cc1ccc(C2=C(Nc3ccc(F)c(F)c3)C(=O)N(c3cc(Cl)ccc3C)C2=O)cc1. The fourth-order valence-electron chi connectivity index (χ4n) is 3.39. The van der Waals surface area contributed by atoms with Gasteiger partial charge < -0.3 is 5.32 Å². The van der Waals surface area contributed by atoms with Crippen molar-refractivity contribution >= 4 is 40.4 Å². The molecule has 0 saturated carbocycles. The smallest absolute Gasteiger partial charge is 0.282 e. The zero-order valence-electron chi connectivity index (χ0n) is 16.7. The van der Waals surface area contributed by atoms with E-state index >= 15 is 0 Å². The normalized spacial score (nSPS) is 13.9. The molecule has 0 fully saturated rings. The second kappa shape index (κ2) is 7.96. The van der Waals surface area contributed by atoms with Gasteiger partial charge in [0.1, 0.15) is 5.70 Å². The molecule has 2 amide bonds. The van der Waals surface area contributed by atoms with Crippen LogP contribution in [0.4, 0.5) is 20.2 Å². The van der Waals surface area contributed by atoms with Gasteiger partial charge in [0, 0.05) is 16.8 Å². The number of nitrogens with zero attached hydrogens (tertiary/aromatic N) is 1. The number of aryl methyl sites for hydroxylation is 2. The molecule has 156 valence electrons. The summed E-state index contributed by atoms with van der Waals surface area (Å²) in [5.41, 5.74) is 2.80. The number of nitrogens with one attached hydrogen (secondary N) is 1. The van der Waals surface area contributed by atoms with Gasteiger partial charge in [0.2, 0.25) is 0 Å². The highest BCUT2D eigenvalue weighted by Crippen LogP contribution is 2.36. The Balaban J connectivity index is 1.85. The molecule has 0 aromatic heterocycles. The van der Waals surface area contributed by atoms with Crippen LogP contribution < -0.4 is 10.2 Å². The Morgan fingerprint density at radius 1 is 0.839 bits per heavy atom. The van der Waals surface area contributed by atoms with Crippen molar-refractivity contribution in [2.45, 2.75) is 13.8 Å². The second-order valence-electron chi connectivity index (χ2n) is 7.25. The number of anilines is 2. The van der Waals surface area contributed by atoms with Crippen molar-refractivity contribution < 1.29 is 18.4 Å². The number of carbonyl (C=O) groups is 2. The fourth-order valence-corrected chi connectivity index (χ4v) is 3.56. The molecule has 4 rings (SSSR count). The third-order valence-electron chi connectivity index (χ3n) is 5.03. The van der Waals surface area contributed by atoms with E-state index in [0.29, 0.717) is 21.8 Å². The molecule has 0 bridgehead atoms. The minimum absolute atomic E-state index is 0.0285. The maximum absolute atomic E-state index is 13.7. The zero-order valence-corrected chi connectivity index (χ0v) is 17.4. The van der Waals surface area contributed by atoms with E-state index in [-0.39, 0.29) is 17.0 Å². The van der Waals surface area contributed by atoms with Crippen LogP contribution in [0.15, 0.2) is 66.4 Å². The van der Waals surface area contributed by atoms with Crippen molar-refractivity contribution in [2.24, 2.45) is 0 Å². The van der Waals surface area contributed by atoms with Crippen molar-refractivity contribution in [1.29, 1.82) is 0 Å². The minimum atomic E-state index is -1.07. The Morgan fingerprint density at radius 3 is 2.23 bits per heavy atom. The molecule has 1 N–H and O–H groups in total. The van der Waals surface area contributed by atoms with Crippen molar-refractivity contribution in [2.75, 3.05) is 10.2 Å². The molecule has 4 nitrogen and oxygen atoms in total. The third kappa shape index (κ3) is 3.82. The van der Waals surface area contributed by atoms with E-state index in [1.54, 1.807) is 37.3 Å². The molecule has 3 aromatic rings. The first kappa shape index (κ1) is 20.8. The van der Waals surface area contributed by atoms with Crippen LogP contribution in [-0.4, -0.2) is 11.8 Å². The van der Waals surface area contributed by atoms with Gasteiger partial charge in [-0.05, 0) is 49.2 Å². The second-order valence-corrected chi connectivity index (χ2v) is 7.68. The van der Waals surface area contributed by atoms with Crippen LogP contribution in [0.25, 0.3) is 5.57 Å². The lowest BCUT2D eigenvalue weighted by Crippen LogP contribution is -2.33. The Labute approximate surface area is 182 Å². The Kier molecular flexibility index (Phi) is 5.33. The number of amides is 2. The number of carbonyl (C=O) groups excluding carboxylic acids is 2. The van der Waals surface area contributed by atoms with Crippen molar-refractivity contribution in [3.63, 3.8) is 0 Å². The van der Waals surface area contributed by atoms with Gasteiger partial charge in [0.25, 0.3) is 11.8 Å². The van der Waals surface area contributed by atoms with Crippen molar-refractivity contribution in [1.82, 2.24) is 0 Å². The quantitative estimate of drug-likeness (QED) is 0.537. The van der Waals surface area contributed by atoms with Gasteiger partial charge in [0.15, 0.2) is 11.6 Å². The predicted molar refractivity (Wildman–Crippen MR) is 117 cm³/mol. The van der Waals surface area contributed by atoms with Crippen LogP contribution in [0.2, 0.25) is 5.02 Å². The summed E-state index contributed by atoms with van der Waals surface area (Å²) in [4.78, 5) is 27.8. The van der Waals surface area contributed by atoms with Gasteiger partial charge in [-0.3, -0.25) is 9.59 Å². The fraction of sp³-hybridized carbons (Fsp3) is 0.0833. The van der Waals surface area contributed by atoms with E-state index in [0.717, 1.165) is 22.6 Å². The van der Waals surface area contributed by atoms with E-state index in [9.17, 15) is 18.4 Å². The van der Waals surface area contributed by atoms with E-state index in [2.05, 4.69) is 5.32 Å². The molecule has 3 aromatic carbocycles. The number of imide groups is 1. The van der Waals surface area contributed by atoms with Gasteiger partial charge in [-0.2, -0.15) is 0 Å². The average Bonchev–Trinajstić information content (AvgIpc) is 2.97. The number of halogens is 3. The molecule has 7 heteroatoms. The van der Waals surface area contributed by atoms with E-state index in [1.807, 2.05) is 19.1 Å².